The molecule has 0 fully saturated rings. The van der Waals surface area contributed by atoms with E-state index in [1.54, 1.807) is 11.8 Å². The molecule has 120 valence electrons. The molecule has 0 saturated heterocycles. The summed E-state index contributed by atoms with van der Waals surface area (Å²) in [5.41, 5.74) is 1.23. The molecule has 0 unspecified atom stereocenters. The second-order valence-electron chi connectivity index (χ2n) is 5.04. The summed E-state index contributed by atoms with van der Waals surface area (Å²) in [5.74, 6) is 2.88. The fourth-order valence-corrected chi connectivity index (χ4v) is 3.13. The fourth-order valence-electron chi connectivity index (χ4n) is 2.27. The summed E-state index contributed by atoms with van der Waals surface area (Å²) in [5, 5.41) is 17.6. The maximum atomic E-state index is 5.53. The normalized spacial score (nSPS) is 11.0. The van der Waals surface area contributed by atoms with Crippen LogP contribution in [0.3, 0.4) is 0 Å². The molecule has 2 heterocycles. The molecule has 0 aliphatic heterocycles. The van der Waals surface area contributed by atoms with E-state index in [1.807, 2.05) is 25.1 Å². The standard InChI is InChI=1S/C16H19N5OS/c1-3-14-18-19-15(22-14)11-23-16-20-17-13(21(16)4-2)10-12-8-6-5-7-9-12/h5-9H,3-4,10-11H2,1-2H3. The molecule has 0 amide bonds. The zero-order valence-electron chi connectivity index (χ0n) is 13.3. The molecule has 23 heavy (non-hydrogen) atoms. The third-order valence-electron chi connectivity index (χ3n) is 3.45. The van der Waals surface area contributed by atoms with E-state index < -0.39 is 0 Å². The van der Waals surface area contributed by atoms with Crippen LogP contribution in [0.1, 0.15) is 37.0 Å². The molecule has 6 nitrogen and oxygen atoms in total. The van der Waals surface area contributed by atoms with E-state index in [0.29, 0.717) is 17.5 Å². The Morgan fingerprint density at radius 2 is 1.78 bits per heavy atom. The molecule has 0 spiro atoms. The van der Waals surface area contributed by atoms with Gasteiger partial charge in [-0.2, -0.15) is 0 Å². The number of hydrogen-bond acceptors (Lipinski definition) is 6. The molecule has 0 saturated carbocycles. The van der Waals surface area contributed by atoms with Gasteiger partial charge in [0, 0.05) is 19.4 Å². The molecule has 3 rings (SSSR count). The van der Waals surface area contributed by atoms with Crippen LogP contribution in [0.15, 0.2) is 39.9 Å². The second kappa shape index (κ2) is 7.41. The maximum absolute atomic E-state index is 5.53. The molecule has 0 bridgehead atoms. The van der Waals surface area contributed by atoms with Crippen LogP contribution in [0.5, 0.6) is 0 Å². The van der Waals surface area contributed by atoms with E-state index in [1.165, 1.54) is 5.56 Å². The molecule has 0 N–H and O–H groups in total. The zero-order valence-corrected chi connectivity index (χ0v) is 14.1. The molecule has 0 atom stereocenters. The average molecular weight is 329 g/mol. The van der Waals surface area contributed by atoms with E-state index in [0.717, 1.165) is 30.4 Å². The van der Waals surface area contributed by atoms with Crippen LogP contribution >= 0.6 is 11.8 Å². The van der Waals surface area contributed by atoms with Gasteiger partial charge in [-0.1, -0.05) is 49.0 Å². The molecule has 7 heteroatoms. The van der Waals surface area contributed by atoms with Gasteiger partial charge >= 0.3 is 0 Å². The lowest BCUT2D eigenvalue weighted by Gasteiger charge is -2.06. The SMILES string of the molecule is CCc1nnc(CSc2nnc(Cc3ccccc3)n2CC)o1. The van der Waals surface area contributed by atoms with E-state index in [9.17, 15) is 0 Å². The molecule has 0 radical (unpaired) electrons. The third kappa shape index (κ3) is 3.79. The first-order valence-corrected chi connectivity index (χ1v) is 8.68. The van der Waals surface area contributed by atoms with Crippen molar-refractivity contribution in [3.8, 4) is 0 Å². The van der Waals surface area contributed by atoms with Gasteiger partial charge in [0.2, 0.25) is 11.8 Å². The minimum atomic E-state index is 0.608. The molecule has 0 aliphatic carbocycles. The van der Waals surface area contributed by atoms with Crippen molar-refractivity contribution >= 4 is 11.8 Å². The van der Waals surface area contributed by atoms with Gasteiger partial charge in [-0.15, -0.1) is 20.4 Å². The van der Waals surface area contributed by atoms with Crippen LogP contribution < -0.4 is 0 Å². The smallest absolute Gasteiger partial charge is 0.226 e. The third-order valence-corrected chi connectivity index (χ3v) is 4.40. The first-order chi connectivity index (χ1) is 11.3. The van der Waals surface area contributed by atoms with Crippen LogP contribution in [0.4, 0.5) is 0 Å². The number of nitrogens with zero attached hydrogens (tertiary/aromatic N) is 5. The zero-order chi connectivity index (χ0) is 16.1. The summed E-state index contributed by atoms with van der Waals surface area (Å²) in [6, 6.07) is 10.3. The van der Waals surface area contributed by atoms with Gasteiger partial charge in [-0.25, -0.2) is 0 Å². The minimum absolute atomic E-state index is 0.608. The summed E-state index contributed by atoms with van der Waals surface area (Å²) in [7, 11) is 0. The average Bonchev–Trinajstić information content (AvgIpc) is 3.20. The van der Waals surface area contributed by atoms with E-state index >= 15 is 0 Å². The monoisotopic (exact) mass is 329 g/mol. The predicted octanol–water partition coefficient (Wildman–Crippen LogP) is 3.13. The van der Waals surface area contributed by atoms with Gasteiger partial charge in [-0.05, 0) is 12.5 Å². The van der Waals surface area contributed by atoms with Gasteiger partial charge in [0.1, 0.15) is 5.82 Å². The molecule has 1 aromatic carbocycles. The predicted molar refractivity (Wildman–Crippen MR) is 88.2 cm³/mol. The largest absolute Gasteiger partial charge is 0.424 e. The number of aromatic nitrogens is 5. The van der Waals surface area contributed by atoms with Crippen molar-refractivity contribution in [2.45, 2.75) is 44.1 Å². The van der Waals surface area contributed by atoms with Crippen LogP contribution in [0, 0.1) is 0 Å². The Balaban J connectivity index is 1.70. The number of hydrogen-bond donors (Lipinski definition) is 0. The quantitative estimate of drug-likeness (QED) is 0.620. The van der Waals surface area contributed by atoms with Gasteiger partial charge in [0.05, 0.1) is 5.75 Å². The number of rotatable bonds is 7. The van der Waals surface area contributed by atoms with Crippen molar-refractivity contribution < 1.29 is 4.42 Å². The van der Waals surface area contributed by atoms with Crippen LogP contribution in [-0.4, -0.2) is 25.0 Å². The summed E-state index contributed by atoms with van der Waals surface area (Å²) < 4.78 is 7.66. The van der Waals surface area contributed by atoms with Gasteiger partial charge in [-0.3, -0.25) is 0 Å². The Morgan fingerprint density at radius 1 is 1.00 bits per heavy atom. The van der Waals surface area contributed by atoms with E-state index in [-0.39, 0.29) is 0 Å². The lowest BCUT2D eigenvalue weighted by Crippen LogP contribution is -2.04. The second-order valence-corrected chi connectivity index (χ2v) is 5.98. The van der Waals surface area contributed by atoms with Crippen LogP contribution in [0.25, 0.3) is 0 Å². The highest BCUT2D eigenvalue weighted by atomic mass is 32.2. The van der Waals surface area contributed by atoms with Crippen molar-refractivity contribution in [1.82, 2.24) is 25.0 Å². The number of aryl methyl sites for hydroxylation is 1. The Kier molecular flexibility index (Phi) is 5.07. The highest BCUT2D eigenvalue weighted by Crippen LogP contribution is 2.22. The highest BCUT2D eigenvalue weighted by molar-refractivity contribution is 7.98. The van der Waals surface area contributed by atoms with Gasteiger partial charge in [0.15, 0.2) is 5.16 Å². The Labute approximate surface area is 139 Å². The summed E-state index contributed by atoms with van der Waals surface area (Å²) in [4.78, 5) is 0. The molecule has 0 aliphatic rings. The Bertz CT molecular complexity index is 753. The van der Waals surface area contributed by atoms with Crippen LogP contribution in [-0.2, 0) is 25.1 Å². The van der Waals surface area contributed by atoms with E-state index in [4.69, 9.17) is 4.42 Å². The van der Waals surface area contributed by atoms with Crippen molar-refractivity contribution in [3.63, 3.8) is 0 Å². The maximum Gasteiger partial charge on any atom is 0.226 e. The highest BCUT2D eigenvalue weighted by Gasteiger charge is 2.13. The molecule has 2 aromatic heterocycles. The fraction of sp³-hybridized carbons (Fsp3) is 0.375. The molecular weight excluding hydrogens is 310 g/mol. The Hall–Kier alpha value is -2.15. The van der Waals surface area contributed by atoms with Crippen molar-refractivity contribution in [1.29, 1.82) is 0 Å². The van der Waals surface area contributed by atoms with Gasteiger partial charge in [0.25, 0.3) is 0 Å². The first kappa shape index (κ1) is 15.7. The van der Waals surface area contributed by atoms with Crippen LogP contribution in [0.2, 0.25) is 0 Å². The van der Waals surface area contributed by atoms with Crippen molar-refractivity contribution in [3.05, 3.63) is 53.5 Å². The minimum Gasteiger partial charge on any atom is -0.424 e. The lowest BCUT2D eigenvalue weighted by molar-refractivity contribution is 0.469. The number of thioether (sulfide) groups is 1. The first-order valence-electron chi connectivity index (χ1n) is 7.70. The summed E-state index contributed by atoms with van der Waals surface area (Å²) in [6.45, 7) is 4.93. The van der Waals surface area contributed by atoms with E-state index in [2.05, 4.69) is 44.0 Å². The lowest BCUT2D eigenvalue weighted by atomic mass is 10.1. The summed E-state index contributed by atoms with van der Waals surface area (Å²) >= 11 is 1.57. The molecular formula is C16H19N5OS. The van der Waals surface area contributed by atoms with Gasteiger partial charge < -0.3 is 8.98 Å². The molecule has 3 aromatic rings. The summed E-state index contributed by atoms with van der Waals surface area (Å²) in [6.07, 6.45) is 1.53. The topological polar surface area (TPSA) is 69.6 Å². The van der Waals surface area contributed by atoms with Crippen molar-refractivity contribution in [2.24, 2.45) is 0 Å². The number of benzene rings is 1. The van der Waals surface area contributed by atoms with Crippen molar-refractivity contribution in [2.75, 3.05) is 0 Å². The Morgan fingerprint density at radius 3 is 2.48 bits per heavy atom.